The van der Waals surface area contributed by atoms with E-state index in [0.29, 0.717) is 19.4 Å². The summed E-state index contributed by atoms with van der Waals surface area (Å²) in [7, 11) is 1.53. The normalized spacial score (nSPS) is 12.5. The van der Waals surface area contributed by atoms with E-state index in [-0.39, 0.29) is 5.56 Å². The van der Waals surface area contributed by atoms with Crippen LogP contribution >= 0.6 is 0 Å². The fourth-order valence-electron chi connectivity index (χ4n) is 1.65. The maximum absolute atomic E-state index is 13.7. The standard InChI is InChI=1S/C13H17F2NO2/c1-8-5-6-9(14)11(12(8)15)13(17)10(16)4-3-7-18-2/h5-6,10H,3-4,7,16H2,1-2H3. The summed E-state index contributed by atoms with van der Waals surface area (Å²) in [5.74, 6) is -2.41. The lowest BCUT2D eigenvalue weighted by molar-refractivity contribution is 0.0942. The van der Waals surface area contributed by atoms with E-state index in [4.69, 9.17) is 10.5 Å². The van der Waals surface area contributed by atoms with Gasteiger partial charge in [0.2, 0.25) is 0 Å². The molecule has 2 N–H and O–H groups in total. The third-order valence-electron chi connectivity index (χ3n) is 2.73. The molecule has 0 radical (unpaired) electrons. The molecule has 0 aliphatic rings. The van der Waals surface area contributed by atoms with E-state index in [2.05, 4.69) is 0 Å². The van der Waals surface area contributed by atoms with E-state index < -0.39 is 29.0 Å². The van der Waals surface area contributed by atoms with Crippen molar-refractivity contribution in [3.63, 3.8) is 0 Å². The van der Waals surface area contributed by atoms with Crippen LogP contribution < -0.4 is 5.73 Å². The van der Waals surface area contributed by atoms with Gasteiger partial charge >= 0.3 is 0 Å². The number of halogens is 2. The molecule has 0 spiro atoms. The number of benzene rings is 1. The Morgan fingerprint density at radius 3 is 2.72 bits per heavy atom. The quantitative estimate of drug-likeness (QED) is 0.628. The number of hydrogen-bond donors (Lipinski definition) is 1. The topological polar surface area (TPSA) is 52.3 Å². The fraction of sp³-hybridized carbons (Fsp3) is 0.462. The number of nitrogens with two attached hydrogens (primary N) is 1. The van der Waals surface area contributed by atoms with E-state index in [9.17, 15) is 13.6 Å². The summed E-state index contributed by atoms with van der Waals surface area (Å²) < 4.78 is 32.0. The van der Waals surface area contributed by atoms with Crippen molar-refractivity contribution in [2.24, 2.45) is 5.73 Å². The molecule has 5 heteroatoms. The third-order valence-corrected chi connectivity index (χ3v) is 2.73. The lowest BCUT2D eigenvalue weighted by Gasteiger charge is -2.12. The minimum absolute atomic E-state index is 0.226. The highest BCUT2D eigenvalue weighted by Crippen LogP contribution is 2.18. The molecule has 0 saturated carbocycles. The Labute approximate surface area is 105 Å². The summed E-state index contributed by atoms with van der Waals surface area (Å²) in [4.78, 5) is 11.9. The summed E-state index contributed by atoms with van der Waals surface area (Å²) in [6.45, 7) is 1.93. The molecule has 1 atom stereocenters. The van der Waals surface area contributed by atoms with Crippen molar-refractivity contribution in [2.45, 2.75) is 25.8 Å². The number of aryl methyl sites for hydroxylation is 1. The van der Waals surface area contributed by atoms with E-state index in [1.807, 2.05) is 0 Å². The van der Waals surface area contributed by atoms with Gasteiger partial charge in [-0.05, 0) is 31.4 Å². The molecule has 1 rings (SSSR count). The first-order chi connectivity index (χ1) is 8.49. The third kappa shape index (κ3) is 3.34. The molecule has 1 aromatic rings. The van der Waals surface area contributed by atoms with Crippen molar-refractivity contribution in [3.8, 4) is 0 Å². The van der Waals surface area contributed by atoms with E-state index >= 15 is 0 Å². The number of methoxy groups -OCH3 is 1. The Morgan fingerprint density at radius 2 is 2.11 bits per heavy atom. The Bertz CT molecular complexity index is 435. The summed E-state index contributed by atoms with van der Waals surface area (Å²) in [5, 5.41) is 0. The van der Waals surface area contributed by atoms with Crippen LogP contribution in [-0.2, 0) is 4.74 Å². The van der Waals surface area contributed by atoms with Gasteiger partial charge in [0.05, 0.1) is 11.6 Å². The first-order valence-electron chi connectivity index (χ1n) is 5.72. The molecular weight excluding hydrogens is 240 g/mol. The van der Waals surface area contributed by atoms with Gasteiger partial charge in [0.15, 0.2) is 5.78 Å². The Balaban J connectivity index is 2.86. The van der Waals surface area contributed by atoms with Gasteiger partial charge in [0, 0.05) is 13.7 Å². The van der Waals surface area contributed by atoms with E-state index in [1.54, 1.807) is 0 Å². The first kappa shape index (κ1) is 14.7. The number of ether oxygens (including phenoxy) is 1. The second kappa shape index (κ2) is 6.56. The number of rotatable bonds is 6. The minimum Gasteiger partial charge on any atom is -0.385 e. The molecule has 0 bridgehead atoms. The van der Waals surface area contributed by atoms with Crippen LogP contribution in [0.2, 0.25) is 0 Å². The Morgan fingerprint density at radius 1 is 1.44 bits per heavy atom. The lowest BCUT2D eigenvalue weighted by atomic mass is 9.98. The summed E-state index contributed by atoms with van der Waals surface area (Å²) in [6.07, 6.45) is 0.901. The molecule has 0 saturated heterocycles. The van der Waals surface area contributed by atoms with Gasteiger partial charge in [-0.15, -0.1) is 0 Å². The van der Waals surface area contributed by atoms with Crippen LogP contribution in [0, 0.1) is 18.6 Å². The van der Waals surface area contributed by atoms with Crippen molar-refractivity contribution in [3.05, 3.63) is 34.9 Å². The predicted octanol–water partition coefficient (Wildman–Crippen LogP) is 2.21. The summed E-state index contributed by atoms with van der Waals surface area (Å²) in [6, 6.07) is 1.46. The van der Waals surface area contributed by atoms with Gasteiger partial charge in [-0.25, -0.2) is 8.78 Å². The highest BCUT2D eigenvalue weighted by atomic mass is 19.1. The monoisotopic (exact) mass is 257 g/mol. The highest BCUT2D eigenvalue weighted by Gasteiger charge is 2.23. The SMILES string of the molecule is COCCCC(N)C(=O)c1c(F)ccc(C)c1F. The first-order valence-corrected chi connectivity index (χ1v) is 5.72. The molecule has 1 aromatic carbocycles. The van der Waals surface area contributed by atoms with Crippen LogP contribution in [0.25, 0.3) is 0 Å². The number of carbonyl (C=O) groups excluding carboxylic acids is 1. The predicted molar refractivity (Wildman–Crippen MR) is 64.5 cm³/mol. The average molecular weight is 257 g/mol. The largest absolute Gasteiger partial charge is 0.385 e. The van der Waals surface area contributed by atoms with Crippen molar-refractivity contribution < 1.29 is 18.3 Å². The molecule has 0 fully saturated rings. The molecule has 0 heterocycles. The van der Waals surface area contributed by atoms with Gasteiger partial charge in [-0.2, -0.15) is 0 Å². The van der Waals surface area contributed by atoms with Crippen LogP contribution in [-0.4, -0.2) is 25.5 Å². The molecule has 0 aromatic heterocycles. The van der Waals surface area contributed by atoms with E-state index in [0.717, 1.165) is 6.07 Å². The minimum atomic E-state index is -0.911. The molecule has 1 unspecified atom stereocenters. The lowest BCUT2D eigenvalue weighted by Crippen LogP contribution is -2.32. The second-order valence-corrected chi connectivity index (χ2v) is 4.16. The molecule has 3 nitrogen and oxygen atoms in total. The molecule has 0 amide bonds. The zero-order chi connectivity index (χ0) is 13.7. The van der Waals surface area contributed by atoms with Crippen molar-refractivity contribution >= 4 is 5.78 Å². The Kier molecular flexibility index (Phi) is 5.37. The molecule has 100 valence electrons. The maximum atomic E-state index is 13.7. The van der Waals surface area contributed by atoms with Crippen LogP contribution in [0.5, 0.6) is 0 Å². The number of carbonyl (C=O) groups is 1. The molecular formula is C13H17F2NO2. The summed E-state index contributed by atoms with van der Waals surface area (Å²) in [5.41, 5.74) is 5.32. The van der Waals surface area contributed by atoms with Gasteiger partial charge in [0.25, 0.3) is 0 Å². The van der Waals surface area contributed by atoms with Crippen molar-refractivity contribution in [2.75, 3.05) is 13.7 Å². The zero-order valence-electron chi connectivity index (χ0n) is 10.5. The van der Waals surface area contributed by atoms with Crippen LogP contribution in [0.3, 0.4) is 0 Å². The average Bonchev–Trinajstić information content (AvgIpc) is 2.34. The summed E-state index contributed by atoms with van der Waals surface area (Å²) >= 11 is 0. The smallest absolute Gasteiger partial charge is 0.185 e. The zero-order valence-corrected chi connectivity index (χ0v) is 10.5. The Hall–Kier alpha value is -1.33. The van der Waals surface area contributed by atoms with Gasteiger partial charge in [-0.1, -0.05) is 6.07 Å². The van der Waals surface area contributed by atoms with Crippen LogP contribution in [0.4, 0.5) is 8.78 Å². The maximum Gasteiger partial charge on any atom is 0.185 e. The number of ketones is 1. The van der Waals surface area contributed by atoms with Gasteiger partial charge in [0.1, 0.15) is 11.6 Å². The number of hydrogen-bond acceptors (Lipinski definition) is 3. The number of Topliss-reactive ketones (excluding diaryl/α,β-unsaturated/α-hetero) is 1. The van der Waals surface area contributed by atoms with Crippen molar-refractivity contribution in [1.82, 2.24) is 0 Å². The van der Waals surface area contributed by atoms with Gasteiger partial charge < -0.3 is 10.5 Å². The fourth-order valence-corrected chi connectivity index (χ4v) is 1.65. The highest BCUT2D eigenvalue weighted by molar-refractivity contribution is 6.00. The molecule has 18 heavy (non-hydrogen) atoms. The van der Waals surface area contributed by atoms with Crippen molar-refractivity contribution in [1.29, 1.82) is 0 Å². The molecule has 0 aliphatic heterocycles. The van der Waals surface area contributed by atoms with Crippen LogP contribution in [0.1, 0.15) is 28.8 Å². The molecule has 0 aliphatic carbocycles. The van der Waals surface area contributed by atoms with Crippen LogP contribution in [0.15, 0.2) is 12.1 Å². The van der Waals surface area contributed by atoms with E-state index in [1.165, 1.54) is 20.1 Å². The van der Waals surface area contributed by atoms with Gasteiger partial charge in [-0.3, -0.25) is 4.79 Å². The second-order valence-electron chi connectivity index (χ2n) is 4.16.